The average molecular weight is 308 g/mol. The Balaban J connectivity index is 2.09. The van der Waals surface area contributed by atoms with Gasteiger partial charge in [0.25, 0.3) is 0 Å². The van der Waals surface area contributed by atoms with Crippen LogP contribution in [0.1, 0.15) is 39.0 Å². The van der Waals surface area contributed by atoms with Crippen molar-refractivity contribution in [3.8, 4) is 0 Å². The van der Waals surface area contributed by atoms with Gasteiger partial charge in [0.2, 0.25) is 5.82 Å². The average Bonchev–Trinajstić information content (AvgIpc) is 2.52. The molecule has 1 saturated heterocycles. The van der Waals surface area contributed by atoms with E-state index in [-0.39, 0.29) is 11.8 Å². The molecule has 0 aromatic carbocycles. The fourth-order valence-corrected chi connectivity index (χ4v) is 2.41. The number of hydrogen-bond donors (Lipinski definition) is 3. The number of nitrogens with zero attached hydrogens (tertiary/aromatic N) is 3. The Labute approximate surface area is 130 Å². The third-order valence-corrected chi connectivity index (χ3v) is 3.66. The summed E-state index contributed by atoms with van der Waals surface area (Å²) in [5, 5.41) is 17.2. The van der Waals surface area contributed by atoms with Crippen LogP contribution in [0.5, 0.6) is 0 Å². The van der Waals surface area contributed by atoms with Crippen LogP contribution in [0.3, 0.4) is 0 Å². The molecular formula is C14H24N6O2. The van der Waals surface area contributed by atoms with Gasteiger partial charge in [-0.2, -0.15) is 0 Å². The lowest BCUT2D eigenvalue weighted by Gasteiger charge is -2.27. The van der Waals surface area contributed by atoms with E-state index >= 15 is 0 Å². The van der Waals surface area contributed by atoms with E-state index in [2.05, 4.69) is 20.5 Å². The van der Waals surface area contributed by atoms with Gasteiger partial charge in [0.1, 0.15) is 0 Å². The smallest absolute Gasteiger partial charge is 0.363 e. The van der Waals surface area contributed by atoms with Crippen molar-refractivity contribution < 1.29 is 9.52 Å². The van der Waals surface area contributed by atoms with E-state index in [9.17, 15) is 10.0 Å². The molecule has 8 heteroatoms. The molecule has 0 saturated carbocycles. The van der Waals surface area contributed by atoms with Crippen molar-refractivity contribution in [2.45, 2.75) is 39.0 Å². The van der Waals surface area contributed by atoms with Crippen LogP contribution in [0, 0.1) is 5.21 Å². The molecule has 0 radical (unpaired) electrons. The second kappa shape index (κ2) is 7.67. The summed E-state index contributed by atoms with van der Waals surface area (Å²) in [5.74, 6) is 0.571. The van der Waals surface area contributed by atoms with E-state index in [0.29, 0.717) is 17.1 Å². The lowest BCUT2D eigenvalue weighted by atomic mass is 10.1. The molecule has 4 N–H and O–H groups in total. The molecule has 1 fully saturated rings. The third-order valence-electron chi connectivity index (χ3n) is 3.66. The summed E-state index contributed by atoms with van der Waals surface area (Å²) in [6.45, 7) is 4.38. The van der Waals surface area contributed by atoms with Crippen molar-refractivity contribution in [3.63, 3.8) is 0 Å². The van der Waals surface area contributed by atoms with Gasteiger partial charge in [-0.3, -0.25) is 0 Å². The monoisotopic (exact) mass is 308 g/mol. The van der Waals surface area contributed by atoms with Crippen LogP contribution in [0.2, 0.25) is 0 Å². The summed E-state index contributed by atoms with van der Waals surface area (Å²) < 4.78 is 0.437. The van der Waals surface area contributed by atoms with Crippen molar-refractivity contribution in [2.24, 2.45) is 0 Å². The van der Waals surface area contributed by atoms with E-state index in [1.807, 2.05) is 6.92 Å². The van der Waals surface area contributed by atoms with Gasteiger partial charge in [0, 0.05) is 19.6 Å². The van der Waals surface area contributed by atoms with Gasteiger partial charge in [-0.1, -0.05) is 18.3 Å². The number of piperidine rings is 1. The number of amides is 2. The van der Waals surface area contributed by atoms with Gasteiger partial charge in [-0.05, 0) is 25.7 Å². The van der Waals surface area contributed by atoms with Gasteiger partial charge >= 0.3 is 12.0 Å². The number of aromatic nitrogens is 2. The number of urea groups is 1. The zero-order valence-electron chi connectivity index (χ0n) is 13.0. The maximum absolute atomic E-state index is 11.9. The van der Waals surface area contributed by atoms with Gasteiger partial charge in [-0.15, -0.1) is 0 Å². The highest BCUT2D eigenvalue weighted by Gasteiger charge is 2.19. The topological polar surface area (TPSA) is 110 Å². The van der Waals surface area contributed by atoms with E-state index in [0.717, 1.165) is 38.8 Å². The SMILES string of the molecule is CCCCNC(=O)Nc1cc(N2CCCCC2)nc(N)[n+]1[O-]. The molecule has 122 valence electrons. The lowest BCUT2D eigenvalue weighted by Crippen LogP contribution is -2.41. The highest BCUT2D eigenvalue weighted by molar-refractivity contribution is 5.87. The number of carbonyl (C=O) groups is 1. The Morgan fingerprint density at radius 3 is 2.86 bits per heavy atom. The van der Waals surface area contributed by atoms with E-state index < -0.39 is 6.03 Å². The molecule has 2 amide bonds. The predicted octanol–water partition coefficient (Wildman–Crippen LogP) is 1.21. The molecule has 1 aromatic heterocycles. The Kier molecular flexibility index (Phi) is 5.62. The summed E-state index contributed by atoms with van der Waals surface area (Å²) in [6.07, 6.45) is 5.26. The minimum absolute atomic E-state index is 0.0991. The zero-order chi connectivity index (χ0) is 15.9. The fourth-order valence-electron chi connectivity index (χ4n) is 2.41. The standard InChI is InChI=1S/C14H24N6O2/c1-2-3-7-16-14(21)18-12-10-11(17-13(15)20(12)22)19-8-5-4-6-9-19/h10H,2-9H2,1H3,(H2,15,17)(H2,16,18,21). The van der Waals surface area contributed by atoms with E-state index in [1.54, 1.807) is 6.07 Å². The minimum Gasteiger partial charge on any atom is -0.754 e. The first-order valence-corrected chi connectivity index (χ1v) is 7.81. The van der Waals surface area contributed by atoms with Gasteiger partial charge in [0.05, 0.1) is 6.07 Å². The van der Waals surface area contributed by atoms with Crippen LogP contribution in [-0.4, -0.2) is 30.6 Å². The summed E-state index contributed by atoms with van der Waals surface area (Å²) >= 11 is 0. The quantitative estimate of drug-likeness (QED) is 0.430. The zero-order valence-corrected chi connectivity index (χ0v) is 13.0. The number of carbonyl (C=O) groups excluding carboxylic acids is 1. The van der Waals surface area contributed by atoms with Crippen LogP contribution in [0.4, 0.5) is 22.4 Å². The highest BCUT2D eigenvalue weighted by Crippen LogP contribution is 2.20. The van der Waals surface area contributed by atoms with E-state index in [4.69, 9.17) is 5.73 Å². The van der Waals surface area contributed by atoms with E-state index in [1.165, 1.54) is 6.42 Å². The normalized spacial score (nSPS) is 14.7. The molecule has 0 unspecified atom stereocenters. The maximum Gasteiger partial charge on any atom is 0.363 e. The molecule has 0 bridgehead atoms. The number of rotatable bonds is 5. The fraction of sp³-hybridized carbons (Fsp3) is 0.643. The van der Waals surface area contributed by atoms with Gasteiger partial charge in [-0.25, -0.2) is 14.8 Å². The first-order chi connectivity index (χ1) is 10.6. The second-order valence-corrected chi connectivity index (χ2v) is 5.43. The predicted molar refractivity (Wildman–Crippen MR) is 85.6 cm³/mol. The largest absolute Gasteiger partial charge is 0.754 e. The highest BCUT2D eigenvalue weighted by atomic mass is 16.5. The van der Waals surface area contributed by atoms with Crippen molar-refractivity contribution in [1.82, 2.24) is 10.3 Å². The molecular weight excluding hydrogens is 284 g/mol. The Hall–Kier alpha value is -2.25. The summed E-state index contributed by atoms with van der Waals surface area (Å²) in [5.41, 5.74) is 5.67. The van der Waals surface area contributed by atoms with Crippen LogP contribution in [0.15, 0.2) is 6.07 Å². The summed E-state index contributed by atoms with van der Waals surface area (Å²) in [6, 6.07) is 1.17. The van der Waals surface area contributed by atoms with Gasteiger partial charge in [0.15, 0.2) is 5.82 Å². The summed E-state index contributed by atoms with van der Waals surface area (Å²) in [4.78, 5) is 18.0. The number of anilines is 3. The van der Waals surface area contributed by atoms with Crippen molar-refractivity contribution in [1.29, 1.82) is 0 Å². The molecule has 1 aromatic rings. The number of unbranched alkanes of at least 4 members (excludes halogenated alkanes) is 1. The molecule has 22 heavy (non-hydrogen) atoms. The minimum atomic E-state index is -0.409. The molecule has 2 rings (SSSR count). The Morgan fingerprint density at radius 2 is 2.18 bits per heavy atom. The molecule has 1 aliphatic rings. The Morgan fingerprint density at radius 1 is 1.45 bits per heavy atom. The lowest BCUT2D eigenvalue weighted by molar-refractivity contribution is -0.577. The number of nitrogen functional groups attached to an aromatic ring is 1. The van der Waals surface area contributed by atoms with Crippen LogP contribution in [0.25, 0.3) is 0 Å². The molecule has 1 aliphatic heterocycles. The van der Waals surface area contributed by atoms with Crippen molar-refractivity contribution >= 4 is 23.6 Å². The molecule has 0 atom stereocenters. The van der Waals surface area contributed by atoms with Crippen LogP contribution in [-0.2, 0) is 0 Å². The van der Waals surface area contributed by atoms with Crippen LogP contribution >= 0.6 is 0 Å². The second-order valence-electron chi connectivity index (χ2n) is 5.43. The number of nitrogens with two attached hydrogens (primary N) is 1. The Bertz CT molecular complexity index is 516. The molecule has 8 nitrogen and oxygen atoms in total. The summed E-state index contributed by atoms with van der Waals surface area (Å²) in [7, 11) is 0. The molecule has 2 heterocycles. The first-order valence-electron chi connectivity index (χ1n) is 7.81. The van der Waals surface area contributed by atoms with Crippen molar-refractivity contribution in [2.75, 3.05) is 35.6 Å². The number of hydrogen-bond acceptors (Lipinski definition) is 5. The third kappa shape index (κ3) is 4.12. The first kappa shape index (κ1) is 16.1. The maximum atomic E-state index is 11.9. The molecule has 0 spiro atoms. The van der Waals surface area contributed by atoms with Crippen molar-refractivity contribution in [3.05, 3.63) is 11.3 Å². The molecule has 0 aliphatic carbocycles. The number of nitrogens with one attached hydrogen (secondary N) is 2. The van der Waals surface area contributed by atoms with Gasteiger partial charge < -0.3 is 21.2 Å². The van der Waals surface area contributed by atoms with Crippen LogP contribution < -0.4 is 26.0 Å².